The van der Waals surface area contributed by atoms with E-state index in [1.54, 1.807) is 6.07 Å². The van der Waals surface area contributed by atoms with Crippen molar-refractivity contribution in [1.82, 2.24) is 34.3 Å². The molecular weight excluding hydrogens is 526 g/mol. The number of benzene rings is 1. The molecule has 212 valence electrons. The van der Waals surface area contributed by atoms with E-state index in [0.717, 1.165) is 61.9 Å². The van der Waals surface area contributed by atoms with Crippen molar-refractivity contribution in [3.05, 3.63) is 59.2 Å². The summed E-state index contributed by atoms with van der Waals surface area (Å²) in [7, 11) is 2.03. The first-order chi connectivity index (χ1) is 19.9. The molecule has 2 fully saturated rings. The zero-order chi connectivity index (χ0) is 28.2. The third kappa shape index (κ3) is 4.81. The van der Waals surface area contributed by atoms with E-state index in [4.69, 9.17) is 4.98 Å². The number of pyridine rings is 1. The van der Waals surface area contributed by atoms with Gasteiger partial charge in [-0.2, -0.15) is 0 Å². The molecule has 7 rings (SSSR count). The zero-order valence-electron chi connectivity index (χ0n) is 23.2. The van der Waals surface area contributed by atoms with Crippen LogP contribution >= 0.6 is 0 Å². The lowest BCUT2D eigenvalue weighted by molar-refractivity contribution is -0.138. The number of rotatable bonds is 5. The number of nitrogens with one attached hydrogen (secondary N) is 1. The van der Waals surface area contributed by atoms with Crippen LogP contribution in [0.15, 0.2) is 30.5 Å². The Kier molecular flexibility index (Phi) is 6.41. The minimum atomic E-state index is -0.643. The zero-order valence-corrected chi connectivity index (χ0v) is 23.2. The van der Waals surface area contributed by atoms with E-state index in [1.165, 1.54) is 6.07 Å². The molecule has 0 radical (unpaired) electrons. The van der Waals surface area contributed by atoms with Crippen LogP contribution in [0, 0.1) is 18.6 Å². The second-order valence-corrected chi connectivity index (χ2v) is 11.4. The Bertz CT molecular complexity index is 1670. The maximum atomic E-state index is 15.1. The normalized spacial score (nSPS) is 19.4. The largest absolute Gasteiger partial charge is 0.337 e. The van der Waals surface area contributed by atoms with Gasteiger partial charge in [0.05, 0.1) is 17.8 Å². The van der Waals surface area contributed by atoms with Crippen molar-refractivity contribution in [2.75, 3.05) is 25.5 Å². The monoisotopic (exact) mass is 558 g/mol. The second kappa shape index (κ2) is 10.1. The van der Waals surface area contributed by atoms with Crippen LogP contribution in [-0.4, -0.2) is 66.4 Å². The van der Waals surface area contributed by atoms with Crippen LogP contribution in [-0.2, 0) is 17.8 Å². The van der Waals surface area contributed by atoms with Gasteiger partial charge >= 0.3 is 0 Å². The first kappa shape index (κ1) is 25.9. The fourth-order valence-corrected chi connectivity index (χ4v) is 6.22. The smallest absolute Gasteiger partial charge is 0.240 e. The van der Waals surface area contributed by atoms with Gasteiger partial charge in [0, 0.05) is 36.8 Å². The minimum absolute atomic E-state index is 0.00398. The molecule has 1 amide bonds. The van der Waals surface area contributed by atoms with E-state index in [2.05, 4.69) is 25.2 Å². The van der Waals surface area contributed by atoms with Crippen LogP contribution in [0.4, 0.5) is 20.5 Å². The van der Waals surface area contributed by atoms with E-state index < -0.39 is 11.6 Å². The van der Waals surface area contributed by atoms with Gasteiger partial charge in [-0.1, -0.05) is 12.5 Å². The van der Waals surface area contributed by atoms with Crippen LogP contribution in [0.25, 0.3) is 22.3 Å². The summed E-state index contributed by atoms with van der Waals surface area (Å²) in [6, 6.07) is 7.06. The van der Waals surface area contributed by atoms with Gasteiger partial charge < -0.3 is 14.8 Å². The van der Waals surface area contributed by atoms with Crippen molar-refractivity contribution in [3.63, 3.8) is 0 Å². The number of hydrogen-bond acceptors (Lipinski definition) is 7. The number of halogens is 2. The van der Waals surface area contributed by atoms with Crippen molar-refractivity contribution in [1.29, 1.82) is 0 Å². The molecule has 9 nitrogen and oxygen atoms in total. The number of aryl methyl sites for hydroxylation is 1. The quantitative estimate of drug-likeness (QED) is 0.372. The maximum Gasteiger partial charge on any atom is 0.240 e. The topological polar surface area (TPSA) is 92.1 Å². The van der Waals surface area contributed by atoms with Gasteiger partial charge in [0.2, 0.25) is 11.9 Å². The lowest BCUT2D eigenvalue weighted by Gasteiger charge is -2.37. The van der Waals surface area contributed by atoms with Crippen LogP contribution in [0.3, 0.4) is 0 Å². The Labute approximate surface area is 236 Å². The summed E-state index contributed by atoms with van der Waals surface area (Å²) in [6.07, 6.45) is 6.91. The molecule has 1 aliphatic carbocycles. The van der Waals surface area contributed by atoms with Gasteiger partial charge in [-0.15, -0.1) is 0 Å². The van der Waals surface area contributed by atoms with Gasteiger partial charge in [0.1, 0.15) is 22.9 Å². The third-order valence-corrected chi connectivity index (χ3v) is 8.51. The number of anilines is 2. The number of imidazole rings is 1. The standard InChI is InChI=1S/C30H32F2N8O/c1-17-34-28-21(31)13-19(14-25(28)40(17)20-7-8-20)27-22(32)15-33-30(37-27)36-26-9-6-18-16-39(12-10-23(18)35-26)29(41)24-5-3-4-11-38(24)2/h6,9,13-15,20,24H,3-5,7-8,10-12,16H2,1-2H3,(H,33,35,36,37)/t24-/m1/s1. The Morgan fingerprint density at radius 2 is 1.88 bits per heavy atom. The predicted octanol–water partition coefficient (Wildman–Crippen LogP) is 4.92. The summed E-state index contributed by atoms with van der Waals surface area (Å²) in [4.78, 5) is 34.9. The van der Waals surface area contributed by atoms with Crippen LogP contribution < -0.4 is 5.32 Å². The molecule has 4 aromatic rings. The fraction of sp³-hybridized carbons (Fsp3) is 0.433. The summed E-state index contributed by atoms with van der Waals surface area (Å²) >= 11 is 0. The number of likely N-dealkylation sites (tertiary alicyclic amines) is 1. The highest BCUT2D eigenvalue weighted by Gasteiger charge is 2.32. The van der Waals surface area contributed by atoms with Crippen molar-refractivity contribution < 1.29 is 13.6 Å². The highest BCUT2D eigenvalue weighted by molar-refractivity contribution is 5.83. The number of carbonyl (C=O) groups is 1. The molecule has 1 saturated carbocycles. The number of hydrogen-bond donors (Lipinski definition) is 1. The molecule has 1 N–H and O–H groups in total. The van der Waals surface area contributed by atoms with Gasteiger partial charge in [-0.25, -0.2) is 28.7 Å². The third-order valence-electron chi connectivity index (χ3n) is 8.51. The molecule has 41 heavy (non-hydrogen) atoms. The van der Waals surface area contributed by atoms with Gasteiger partial charge in [-0.3, -0.25) is 9.69 Å². The van der Waals surface area contributed by atoms with E-state index in [0.29, 0.717) is 42.5 Å². The van der Waals surface area contributed by atoms with Gasteiger partial charge in [-0.05, 0) is 70.0 Å². The van der Waals surface area contributed by atoms with Crippen LogP contribution in [0.5, 0.6) is 0 Å². The van der Waals surface area contributed by atoms with Crippen molar-refractivity contribution in [2.24, 2.45) is 0 Å². The second-order valence-electron chi connectivity index (χ2n) is 11.4. The minimum Gasteiger partial charge on any atom is -0.337 e. The highest BCUT2D eigenvalue weighted by Crippen LogP contribution is 2.40. The van der Waals surface area contributed by atoms with Crippen LogP contribution in [0.2, 0.25) is 0 Å². The molecule has 1 atom stereocenters. The SMILES string of the molecule is Cc1nc2c(F)cc(-c3nc(Nc4ccc5c(n4)CCN(C(=O)[C@H]4CCCCN4C)C5)ncc3F)cc2n1C1CC1. The number of amides is 1. The Morgan fingerprint density at radius 3 is 2.68 bits per heavy atom. The number of aromatic nitrogens is 5. The Hall–Kier alpha value is -3.99. The number of carbonyl (C=O) groups excluding carboxylic acids is 1. The summed E-state index contributed by atoms with van der Waals surface area (Å²) in [5, 5.41) is 3.08. The number of nitrogens with zero attached hydrogens (tertiary/aromatic N) is 7. The first-order valence-corrected chi connectivity index (χ1v) is 14.3. The highest BCUT2D eigenvalue weighted by atomic mass is 19.1. The molecule has 2 aliphatic heterocycles. The van der Waals surface area contributed by atoms with Crippen molar-refractivity contribution in [2.45, 2.75) is 64.1 Å². The average Bonchev–Trinajstić information content (AvgIpc) is 3.75. The number of fused-ring (bicyclic) bond motifs is 2. The summed E-state index contributed by atoms with van der Waals surface area (Å²) in [6.45, 7) is 3.97. The molecule has 3 aromatic heterocycles. The molecule has 5 heterocycles. The number of piperidine rings is 1. The predicted molar refractivity (Wildman–Crippen MR) is 151 cm³/mol. The van der Waals surface area contributed by atoms with E-state index in [-0.39, 0.29) is 29.1 Å². The lowest BCUT2D eigenvalue weighted by atomic mass is 9.99. The molecule has 1 saturated heterocycles. The van der Waals surface area contributed by atoms with Crippen molar-refractivity contribution >= 4 is 28.7 Å². The average molecular weight is 559 g/mol. The Balaban J connectivity index is 1.12. The molecule has 0 spiro atoms. The molecule has 0 unspecified atom stereocenters. The van der Waals surface area contributed by atoms with E-state index in [9.17, 15) is 9.18 Å². The lowest BCUT2D eigenvalue weighted by Crippen LogP contribution is -2.50. The fourth-order valence-electron chi connectivity index (χ4n) is 6.22. The van der Waals surface area contributed by atoms with Crippen molar-refractivity contribution in [3.8, 4) is 11.3 Å². The van der Waals surface area contributed by atoms with Crippen LogP contribution in [0.1, 0.15) is 55.2 Å². The summed E-state index contributed by atoms with van der Waals surface area (Å²) in [5.41, 5.74) is 3.19. The molecule has 3 aliphatic rings. The summed E-state index contributed by atoms with van der Waals surface area (Å²) < 4.78 is 32.0. The first-order valence-electron chi connectivity index (χ1n) is 14.3. The maximum absolute atomic E-state index is 15.1. The molecule has 11 heteroatoms. The van der Waals surface area contributed by atoms with E-state index in [1.807, 2.05) is 35.6 Å². The molecule has 1 aromatic carbocycles. The summed E-state index contributed by atoms with van der Waals surface area (Å²) in [5.74, 6) is 0.474. The van der Waals surface area contributed by atoms with Gasteiger partial charge in [0.25, 0.3) is 0 Å². The number of likely N-dealkylation sites (N-methyl/N-ethyl adjacent to an activating group) is 1. The molecule has 0 bridgehead atoms. The Morgan fingerprint density at radius 1 is 1.02 bits per heavy atom. The van der Waals surface area contributed by atoms with E-state index >= 15 is 4.39 Å². The van der Waals surface area contributed by atoms with Gasteiger partial charge in [0.15, 0.2) is 11.6 Å². The molecular formula is C30H32F2N8O.